The van der Waals surface area contributed by atoms with Gasteiger partial charge in [-0.05, 0) is 32.0 Å². The minimum Gasteiger partial charge on any atom is -0.465 e. The number of amides is 2. The van der Waals surface area contributed by atoms with E-state index in [1.165, 1.54) is 34.1 Å². The number of esters is 1. The number of carbonyl (C=O) groups is 3. The van der Waals surface area contributed by atoms with Crippen LogP contribution in [0.15, 0.2) is 24.3 Å². The summed E-state index contributed by atoms with van der Waals surface area (Å²) in [6, 6.07) is 6.31. The van der Waals surface area contributed by atoms with Crippen molar-refractivity contribution < 1.29 is 23.9 Å². The lowest BCUT2D eigenvalue weighted by molar-refractivity contribution is -0.138. The first-order valence-corrected chi connectivity index (χ1v) is 7.10. The molecule has 126 valence electrons. The van der Waals surface area contributed by atoms with Gasteiger partial charge in [0, 0.05) is 19.3 Å². The van der Waals surface area contributed by atoms with Gasteiger partial charge in [-0.25, -0.2) is 4.79 Å². The second-order valence-electron chi connectivity index (χ2n) is 5.40. The number of anilines is 1. The largest absolute Gasteiger partial charge is 0.465 e. The minimum absolute atomic E-state index is 0.313. The van der Waals surface area contributed by atoms with E-state index >= 15 is 0 Å². The van der Waals surface area contributed by atoms with Gasteiger partial charge in [-0.15, -0.1) is 0 Å². The second kappa shape index (κ2) is 8.28. The Balaban J connectivity index is 2.77. The zero-order valence-electron chi connectivity index (χ0n) is 13.8. The van der Waals surface area contributed by atoms with Crippen LogP contribution in [0.3, 0.4) is 0 Å². The number of ether oxygens (including phenoxy) is 2. The minimum atomic E-state index is -1.27. The van der Waals surface area contributed by atoms with Crippen LogP contribution in [0.1, 0.15) is 24.2 Å². The van der Waals surface area contributed by atoms with Crippen molar-refractivity contribution in [3.05, 3.63) is 29.8 Å². The van der Waals surface area contributed by atoms with E-state index in [-0.39, 0.29) is 0 Å². The molecular weight excluding hydrogens is 300 g/mol. The van der Waals surface area contributed by atoms with Crippen LogP contribution in [-0.4, -0.2) is 45.2 Å². The molecule has 0 saturated heterocycles. The highest BCUT2D eigenvalue weighted by atomic mass is 16.5. The van der Waals surface area contributed by atoms with Crippen molar-refractivity contribution in [1.29, 1.82) is 0 Å². The highest BCUT2D eigenvalue weighted by molar-refractivity contribution is 6.10. The molecule has 1 aromatic rings. The van der Waals surface area contributed by atoms with Gasteiger partial charge in [0.15, 0.2) is 0 Å². The molecule has 0 aliphatic carbocycles. The van der Waals surface area contributed by atoms with Gasteiger partial charge in [0.1, 0.15) is 5.41 Å². The zero-order valence-corrected chi connectivity index (χ0v) is 13.8. The number of carbonyl (C=O) groups excluding carboxylic acids is 3. The van der Waals surface area contributed by atoms with Crippen LogP contribution in [0.4, 0.5) is 5.69 Å². The maximum atomic E-state index is 12.3. The van der Waals surface area contributed by atoms with Gasteiger partial charge in [0.25, 0.3) is 0 Å². The van der Waals surface area contributed by atoms with Crippen LogP contribution in [0.5, 0.6) is 0 Å². The summed E-state index contributed by atoms with van der Waals surface area (Å²) in [5.41, 5.74) is -0.544. The highest BCUT2D eigenvalue weighted by Crippen LogP contribution is 2.20. The molecule has 0 radical (unpaired) electrons. The van der Waals surface area contributed by atoms with Crippen LogP contribution in [0.2, 0.25) is 0 Å². The quantitative estimate of drug-likeness (QED) is 0.447. The molecule has 1 rings (SSSR count). The topological polar surface area (TPSA) is 93.7 Å². The third-order valence-electron chi connectivity index (χ3n) is 3.27. The lowest BCUT2D eigenvalue weighted by Gasteiger charge is -2.22. The van der Waals surface area contributed by atoms with E-state index in [2.05, 4.69) is 15.4 Å². The van der Waals surface area contributed by atoms with Gasteiger partial charge in [-0.1, -0.05) is 6.07 Å². The van der Waals surface area contributed by atoms with Gasteiger partial charge in [-0.3, -0.25) is 9.59 Å². The molecule has 2 amide bonds. The van der Waals surface area contributed by atoms with Crippen LogP contribution in [-0.2, 0) is 19.1 Å². The molecule has 7 nitrogen and oxygen atoms in total. The first-order chi connectivity index (χ1) is 10.8. The summed E-state index contributed by atoms with van der Waals surface area (Å²) >= 11 is 0. The monoisotopic (exact) mass is 322 g/mol. The Labute approximate surface area is 135 Å². The van der Waals surface area contributed by atoms with E-state index in [4.69, 9.17) is 4.74 Å². The van der Waals surface area contributed by atoms with Crippen LogP contribution < -0.4 is 10.6 Å². The Hall–Kier alpha value is -2.41. The number of nitrogens with one attached hydrogen (secondary N) is 2. The molecule has 23 heavy (non-hydrogen) atoms. The summed E-state index contributed by atoms with van der Waals surface area (Å²) in [5, 5.41) is 5.26. The van der Waals surface area contributed by atoms with Crippen molar-refractivity contribution in [3.8, 4) is 0 Å². The first kappa shape index (κ1) is 18.6. The summed E-state index contributed by atoms with van der Waals surface area (Å²) in [7, 11) is 2.80. The van der Waals surface area contributed by atoms with Crippen molar-refractivity contribution in [3.63, 3.8) is 0 Å². The number of benzene rings is 1. The zero-order chi connectivity index (χ0) is 17.5. The van der Waals surface area contributed by atoms with E-state index < -0.39 is 23.2 Å². The fourth-order valence-electron chi connectivity index (χ4n) is 1.72. The van der Waals surface area contributed by atoms with E-state index in [1.54, 1.807) is 18.2 Å². The lowest BCUT2D eigenvalue weighted by atomic mass is 9.91. The normalized spacial score (nSPS) is 10.8. The van der Waals surface area contributed by atoms with Crippen LogP contribution in [0, 0.1) is 5.41 Å². The van der Waals surface area contributed by atoms with Crippen molar-refractivity contribution >= 4 is 23.5 Å². The molecule has 0 saturated carbocycles. The molecule has 0 fully saturated rings. The SMILES string of the molecule is COCCNC(=O)C(C)(C)C(=O)Nc1cccc(C(=O)OC)c1. The third-order valence-corrected chi connectivity index (χ3v) is 3.27. The molecule has 0 aromatic heterocycles. The Morgan fingerprint density at radius 1 is 1.13 bits per heavy atom. The summed E-state index contributed by atoms with van der Waals surface area (Å²) in [6.07, 6.45) is 0. The number of rotatable bonds is 7. The maximum Gasteiger partial charge on any atom is 0.337 e. The summed E-state index contributed by atoms with van der Waals surface area (Å²) in [5.74, 6) is -1.39. The lowest BCUT2D eigenvalue weighted by Crippen LogP contribution is -2.45. The molecule has 1 aromatic carbocycles. The molecule has 0 heterocycles. The smallest absolute Gasteiger partial charge is 0.337 e. The van der Waals surface area contributed by atoms with Gasteiger partial charge in [-0.2, -0.15) is 0 Å². The second-order valence-corrected chi connectivity index (χ2v) is 5.40. The van der Waals surface area contributed by atoms with Gasteiger partial charge in [0.05, 0.1) is 19.3 Å². The molecule has 7 heteroatoms. The highest BCUT2D eigenvalue weighted by Gasteiger charge is 2.35. The molecule has 0 spiro atoms. The average molecular weight is 322 g/mol. The summed E-state index contributed by atoms with van der Waals surface area (Å²) in [4.78, 5) is 35.9. The number of hydrogen-bond donors (Lipinski definition) is 2. The molecular formula is C16H22N2O5. The predicted molar refractivity (Wildman–Crippen MR) is 85.1 cm³/mol. The van der Waals surface area contributed by atoms with Crippen molar-refractivity contribution in [2.45, 2.75) is 13.8 Å². The van der Waals surface area contributed by atoms with Gasteiger partial charge < -0.3 is 20.1 Å². The Morgan fingerprint density at radius 2 is 1.83 bits per heavy atom. The molecule has 0 aliphatic rings. The van der Waals surface area contributed by atoms with E-state index in [0.29, 0.717) is 24.4 Å². The summed E-state index contributed by atoms with van der Waals surface area (Å²) < 4.78 is 9.48. The first-order valence-electron chi connectivity index (χ1n) is 7.10. The fourth-order valence-corrected chi connectivity index (χ4v) is 1.72. The average Bonchev–Trinajstić information content (AvgIpc) is 2.54. The Kier molecular flexibility index (Phi) is 6.71. The number of hydrogen-bond acceptors (Lipinski definition) is 5. The maximum absolute atomic E-state index is 12.3. The Morgan fingerprint density at radius 3 is 2.43 bits per heavy atom. The molecule has 0 unspecified atom stereocenters. The third kappa shape index (κ3) is 5.07. The molecule has 0 aliphatic heterocycles. The standard InChI is InChI=1S/C16H22N2O5/c1-16(2,14(20)17-8-9-22-3)15(21)18-12-7-5-6-11(10-12)13(19)23-4/h5-7,10H,8-9H2,1-4H3,(H,17,20)(H,18,21). The molecule has 0 atom stereocenters. The summed E-state index contributed by atoms with van der Waals surface area (Å²) in [6.45, 7) is 3.73. The van der Waals surface area contributed by atoms with Crippen molar-refractivity contribution in [2.75, 3.05) is 32.7 Å². The van der Waals surface area contributed by atoms with Crippen LogP contribution in [0.25, 0.3) is 0 Å². The van der Waals surface area contributed by atoms with Crippen molar-refractivity contribution in [1.82, 2.24) is 5.32 Å². The predicted octanol–water partition coefficient (Wildman–Crippen LogP) is 1.20. The molecule has 0 bridgehead atoms. The van der Waals surface area contributed by atoms with E-state index in [1.807, 2.05) is 0 Å². The van der Waals surface area contributed by atoms with E-state index in [9.17, 15) is 14.4 Å². The van der Waals surface area contributed by atoms with E-state index in [0.717, 1.165) is 0 Å². The van der Waals surface area contributed by atoms with Gasteiger partial charge >= 0.3 is 5.97 Å². The fraction of sp³-hybridized carbons (Fsp3) is 0.438. The Bertz CT molecular complexity index is 584. The number of methoxy groups -OCH3 is 2. The van der Waals surface area contributed by atoms with Gasteiger partial charge in [0.2, 0.25) is 11.8 Å². The molecule has 2 N–H and O–H groups in total. The van der Waals surface area contributed by atoms with Crippen LogP contribution >= 0.6 is 0 Å². The van der Waals surface area contributed by atoms with Crippen molar-refractivity contribution in [2.24, 2.45) is 5.41 Å².